The summed E-state index contributed by atoms with van der Waals surface area (Å²) in [7, 11) is 0. The van der Waals surface area contributed by atoms with Crippen molar-refractivity contribution < 1.29 is 14.3 Å². The minimum absolute atomic E-state index is 0.106. The molecule has 2 heterocycles. The molecule has 0 saturated carbocycles. The van der Waals surface area contributed by atoms with Gasteiger partial charge in [-0.2, -0.15) is 0 Å². The van der Waals surface area contributed by atoms with Gasteiger partial charge < -0.3 is 14.4 Å². The summed E-state index contributed by atoms with van der Waals surface area (Å²) in [5.74, 6) is 0. The van der Waals surface area contributed by atoms with Crippen LogP contribution in [0.2, 0.25) is 0 Å². The molecule has 0 bridgehead atoms. The van der Waals surface area contributed by atoms with Crippen LogP contribution in [-0.4, -0.2) is 60.8 Å². The molecule has 25 heavy (non-hydrogen) atoms. The molecular formula is C19H27BrN2O3. The highest BCUT2D eigenvalue weighted by molar-refractivity contribution is 9.10. The van der Waals surface area contributed by atoms with Gasteiger partial charge in [-0.3, -0.25) is 4.90 Å². The van der Waals surface area contributed by atoms with Crippen molar-refractivity contribution in [2.75, 3.05) is 39.3 Å². The third kappa shape index (κ3) is 4.74. The molecule has 2 aliphatic heterocycles. The molecule has 0 aliphatic carbocycles. The monoisotopic (exact) mass is 410 g/mol. The van der Waals surface area contributed by atoms with Gasteiger partial charge in [-0.25, -0.2) is 4.79 Å². The van der Waals surface area contributed by atoms with Gasteiger partial charge in [0.25, 0.3) is 0 Å². The van der Waals surface area contributed by atoms with Crippen LogP contribution in [0.5, 0.6) is 0 Å². The van der Waals surface area contributed by atoms with Crippen molar-refractivity contribution in [2.24, 2.45) is 0 Å². The second kappa shape index (κ2) is 7.64. The molecule has 3 rings (SSSR count). The Kier molecular flexibility index (Phi) is 5.71. The SMILES string of the molecule is CC(C)(C)OC(=O)N1CCN(CC2OCCc3c(Br)cccc32)CC1. The van der Waals surface area contributed by atoms with Crippen LogP contribution in [0, 0.1) is 0 Å². The molecule has 1 aromatic rings. The van der Waals surface area contributed by atoms with E-state index < -0.39 is 5.60 Å². The minimum atomic E-state index is -0.443. The molecule has 138 valence electrons. The van der Waals surface area contributed by atoms with E-state index in [0.717, 1.165) is 32.7 Å². The van der Waals surface area contributed by atoms with Crippen LogP contribution in [0.25, 0.3) is 0 Å². The average Bonchev–Trinajstić information content (AvgIpc) is 2.55. The summed E-state index contributed by atoms with van der Waals surface area (Å²) in [5.41, 5.74) is 2.21. The Labute approximate surface area is 158 Å². The topological polar surface area (TPSA) is 42.0 Å². The number of ether oxygens (including phenoxy) is 2. The van der Waals surface area contributed by atoms with E-state index in [1.165, 1.54) is 15.6 Å². The van der Waals surface area contributed by atoms with Gasteiger partial charge in [0.1, 0.15) is 5.60 Å². The van der Waals surface area contributed by atoms with Crippen LogP contribution >= 0.6 is 15.9 Å². The Bertz CT molecular complexity index is 622. The van der Waals surface area contributed by atoms with Gasteiger partial charge in [-0.05, 0) is 44.4 Å². The minimum Gasteiger partial charge on any atom is -0.444 e. The number of carbonyl (C=O) groups is 1. The summed E-state index contributed by atoms with van der Waals surface area (Å²) >= 11 is 3.66. The number of nitrogens with zero attached hydrogens (tertiary/aromatic N) is 2. The highest BCUT2D eigenvalue weighted by Gasteiger charge is 2.29. The lowest BCUT2D eigenvalue weighted by molar-refractivity contribution is -0.00658. The number of halogens is 1. The molecule has 2 aliphatic rings. The van der Waals surface area contributed by atoms with Crippen LogP contribution in [0.1, 0.15) is 38.0 Å². The predicted octanol–water partition coefficient (Wildman–Crippen LogP) is 3.62. The predicted molar refractivity (Wildman–Crippen MR) is 101 cm³/mol. The second-order valence-corrected chi connectivity index (χ2v) is 8.54. The molecule has 1 unspecified atom stereocenters. The lowest BCUT2D eigenvalue weighted by Crippen LogP contribution is -2.51. The van der Waals surface area contributed by atoms with E-state index in [-0.39, 0.29) is 12.2 Å². The molecule has 0 radical (unpaired) electrons. The lowest BCUT2D eigenvalue weighted by atomic mass is 9.97. The molecule has 0 N–H and O–H groups in total. The van der Waals surface area contributed by atoms with Crippen LogP contribution in [0.3, 0.4) is 0 Å². The van der Waals surface area contributed by atoms with Gasteiger partial charge in [0, 0.05) is 37.2 Å². The summed E-state index contributed by atoms with van der Waals surface area (Å²) in [6.07, 6.45) is 0.851. The summed E-state index contributed by atoms with van der Waals surface area (Å²) in [6, 6.07) is 6.34. The number of benzene rings is 1. The largest absolute Gasteiger partial charge is 0.444 e. The molecular weight excluding hydrogens is 384 g/mol. The average molecular weight is 411 g/mol. The highest BCUT2D eigenvalue weighted by atomic mass is 79.9. The first-order valence-corrected chi connectivity index (χ1v) is 9.72. The number of fused-ring (bicyclic) bond motifs is 1. The fourth-order valence-electron chi connectivity index (χ4n) is 3.36. The summed E-state index contributed by atoms with van der Waals surface area (Å²) in [6.45, 7) is 10.4. The quantitative estimate of drug-likeness (QED) is 0.746. The zero-order chi connectivity index (χ0) is 18.0. The zero-order valence-electron chi connectivity index (χ0n) is 15.3. The fraction of sp³-hybridized carbons (Fsp3) is 0.632. The van der Waals surface area contributed by atoms with E-state index in [2.05, 4.69) is 39.0 Å². The van der Waals surface area contributed by atoms with E-state index in [4.69, 9.17) is 9.47 Å². The van der Waals surface area contributed by atoms with Gasteiger partial charge in [-0.1, -0.05) is 28.1 Å². The van der Waals surface area contributed by atoms with Gasteiger partial charge in [0.05, 0.1) is 12.7 Å². The number of hydrogen-bond acceptors (Lipinski definition) is 4. The van der Waals surface area contributed by atoms with E-state index in [0.29, 0.717) is 13.1 Å². The molecule has 1 fully saturated rings. The number of amides is 1. The third-order valence-electron chi connectivity index (χ3n) is 4.62. The van der Waals surface area contributed by atoms with Crippen LogP contribution in [0.15, 0.2) is 22.7 Å². The van der Waals surface area contributed by atoms with Crippen molar-refractivity contribution in [3.05, 3.63) is 33.8 Å². The van der Waals surface area contributed by atoms with Gasteiger partial charge in [-0.15, -0.1) is 0 Å². The first kappa shape index (κ1) is 18.7. The van der Waals surface area contributed by atoms with Crippen LogP contribution in [-0.2, 0) is 15.9 Å². The van der Waals surface area contributed by atoms with Crippen molar-refractivity contribution in [1.82, 2.24) is 9.80 Å². The number of rotatable bonds is 2. The third-order valence-corrected chi connectivity index (χ3v) is 5.36. The molecule has 1 aromatic carbocycles. The first-order valence-electron chi connectivity index (χ1n) is 8.92. The second-order valence-electron chi connectivity index (χ2n) is 7.69. The number of piperazine rings is 1. The maximum absolute atomic E-state index is 12.2. The number of hydrogen-bond donors (Lipinski definition) is 0. The Balaban J connectivity index is 1.55. The molecule has 6 heteroatoms. The summed E-state index contributed by atoms with van der Waals surface area (Å²) in [5, 5.41) is 0. The Morgan fingerprint density at radius 3 is 2.68 bits per heavy atom. The highest BCUT2D eigenvalue weighted by Crippen LogP contribution is 2.32. The molecule has 0 aromatic heterocycles. The maximum atomic E-state index is 12.2. The fourth-order valence-corrected chi connectivity index (χ4v) is 3.94. The molecule has 1 atom stereocenters. The standard InChI is InChI=1S/C19H27BrN2O3/c1-19(2,3)25-18(23)22-10-8-21(9-11-22)13-17-15-5-4-6-16(20)14(15)7-12-24-17/h4-6,17H,7-13H2,1-3H3. The van der Waals surface area contributed by atoms with Crippen LogP contribution in [0.4, 0.5) is 4.79 Å². The Morgan fingerprint density at radius 2 is 2.00 bits per heavy atom. The van der Waals surface area contributed by atoms with Gasteiger partial charge >= 0.3 is 6.09 Å². The zero-order valence-corrected chi connectivity index (χ0v) is 16.8. The van der Waals surface area contributed by atoms with Gasteiger partial charge in [0.2, 0.25) is 0 Å². The summed E-state index contributed by atoms with van der Waals surface area (Å²) < 4.78 is 12.7. The maximum Gasteiger partial charge on any atom is 0.410 e. The molecule has 0 spiro atoms. The lowest BCUT2D eigenvalue weighted by Gasteiger charge is -2.38. The van der Waals surface area contributed by atoms with Gasteiger partial charge in [0.15, 0.2) is 0 Å². The van der Waals surface area contributed by atoms with Crippen molar-refractivity contribution in [1.29, 1.82) is 0 Å². The van der Waals surface area contributed by atoms with Crippen molar-refractivity contribution in [2.45, 2.75) is 38.9 Å². The number of carbonyl (C=O) groups excluding carboxylic acids is 1. The smallest absolute Gasteiger partial charge is 0.410 e. The molecule has 5 nitrogen and oxygen atoms in total. The van der Waals surface area contributed by atoms with Crippen molar-refractivity contribution in [3.63, 3.8) is 0 Å². The first-order chi connectivity index (χ1) is 11.8. The van der Waals surface area contributed by atoms with Crippen LogP contribution < -0.4 is 0 Å². The van der Waals surface area contributed by atoms with Crippen molar-refractivity contribution >= 4 is 22.0 Å². The van der Waals surface area contributed by atoms with E-state index in [1.807, 2.05) is 20.8 Å². The normalized spacial score (nSPS) is 21.8. The molecule has 1 amide bonds. The molecule has 1 saturated heterocycles. The van der Waals surface area contributed by atoms with E-state index in [1.54, 1.807) is 4.90 Å². The Morgan fingerprint density at radius 1 is 1.28 bits per heavy atom. The summed E-state index contributed by atoms with van der Waals surface area (Å²) in [4.78, 5) is 16.3. The van der Waals surface area contributed by atoms with Crippen molar-refractivity contribution in [3.8, 4) is 0 Å². The van der Waals surface area contributed by atoms with E-state index in [9.17, 15) is 4.79 Å². The Hall–Kier alpha value is -1.11. The van der Waals surface area contributed by atoms with E-state index >= 15 is 0 Å².